The summed E-state index contributed by atoms with van der Waals surface area (Å²) in [4.78, 5) is 22.5. The zero-order valence-electron chi connectivity index (χ0n) is 16.8. The molecule has 1 amide bonds. The van der Waals surface area contributed by atoms with E-state index >= 15 is 0 Å². The monoisotopic (exact) mass is 390 g/mol. The molecule has 1 heterocycles. The van der Waals surface area contributed by atoms with Crippen molar-refractivity contribution < 1.29 is 9.53 Å². The lowest BCUT2D eigenvalue weighted by molar-refractivity contribution is 0.0787. The number of carbonyl (C=O) groups is 1. The minimum Gasteiger partial charge on any atom is -0.489 e. The first-order valence-corrected chi connectivity index (χ1v) is 9.77. The first-order chi connectivity index (χ1) is 14.2. The number of carbonyl (C=O) groups excluding carboxylic acids is 1. The number of nitrogens with one attached hydrogen (secondary N) is 1. The van der Waals surface area contributed by atoms with Crippen LogP contribution in [0.2, 0.25) is 0 Å². The number of ether oxygens (including phenoxy) is 1. The van der Waals surface area contributed by atoms with Crippen LogP contribution in [0.4, 0.5) is 11.5 Å². The number of unbranched alkanes of at least 4 members (excludes halogenated alkanes) is 1. The number of benzene rings is 2. The number of rotatable bonds is 9. The molecule has 0 bridgehead atoms. The van der Waals surface area contributed by atoms with Crippen LogP contribution in [-0.2, 0) is 6.61 Å². The van der Waals surface area contributed by atoms with Gasteiger partial charge in [-0.05, 0) is 36.2 Å². The summed E-state index contributed by atoms with van der Waals surface area (Å²) in [6, 6.07) is 19.3. The zero-order chi connectivity index (χ0) is 20.5. The lowest BCUT2D eigenvalue weighted by Gasteiger charge is -2.16. The van der Waals surface area contributed by atoms with Gasteiger partial charge in [-0.15, -0.1) is 0 Å². The number of amides is 1. The molecule has 6 heteroatoms. The Morgan fingerprint density at radius 1 is 1.07 bits per heavy atom. The molecular formula is C23H26N4O2. The fourth-order valence-corrected chi connectivity index (χ4v) is 2.76. The molecule has 0 radical (unpaired) electrons. The molecule has 0 aliphatic rings. The Bertz CT molecular complexity index is 914. The summed E-state index contributed by atoms with van der Waals surface area (Å²) >= 11 is 0. The van der Waals surface area contributed by atoms with Crippen molar-refractivity contribution in [1.82, 2.24) is 14.9 Å². The minimum atomic E-state index is -0.103. The van der Waals surface area contributed by atoms with Gasteiger partial charge in [-0.25, -0.2) is 9.97 Å². The highest BCUT2D eigenvalue weighted by molar-refractivity contribution is 5.92. The molecule has 6 nitrogen and oxygen atoms in total. The first-order valence-electron chi connectivity index (χ1n) is 9.77. The summed E-state index contributed by atoms with van der Waals surface area (Å²) in [5, 5.41) is 3.20. The number of hydrogen-bond acceptors (Lipinski definition) is 5. The molecule has 3 aromatic rings. The van der Waals surface area contributed by atoms with Crippen LogP contribution in [0.5, 0.6) is 5.75 Å². The lowest BCUT2D eigenvalue weighted by atomic mass is 10.2. The molecule has 0 spiro atoms. The average Bonchev–Trinajstić information content (AvgIpc) is 2.77. The standard InChI is InChI=1S/C23H26N4O2/c1-3-4-14-27(2)23(28)21-15-22(25-17-24-21)26-19-10-12-20(13-11-19)29-16-18-8-6-5-7-9-18/h5-13,15,17H,3-4,14,16H2,1-2H3,(H,24,25,26). The van der Waals surface area contributed by atoms with Crippen LogP contribution in [0.1, 0.15) is 35.8 Å². The van der Waals surface area contributed by atoms with Gasteiger partial charge < -0.3 is 15.0 Å². The molecule has 150 valence electrons. The van der Waals surface area contributed by atoms with E-state index in [1.54, 1.807) is 18.0 Å². The largest absolute Gasteiger partial charge is 0.489 e. The van der Waals surface area contributed by atoms with Crippen LogP contribution in [0.25, 0.3) is 0 Å². The second-order valence-electron chi connectivity index (χ2n) is 6.79. The molecule has 0 saturated carbocycles. The van der Waals surface area contributed by atoms with Crippen molar-refractivity contribution in [2.75, 3.05) is 18.9 Å². The Balaban J connectivity index is 1.59. The van der Waals surface area contributed by atoms with Gasteiger partial charge in [-0.1, -0.05) is 43.7 Å². The number of nitrogens with zero attached hydrogens (tertiary/aromatic N) is 3. The van der Waals surface area contributed by atoms with Gasteiger partial charge in [-0.2, -0.15) is 0 Å². The number of anilines is 2. The topological polar surface area (TPSA) is 67.4 Å². The van der Waals surface area contributed by atoms with E-state index in [2.05, 4.69) is 22.2 Å². The van der Waals surface area contributed by atoms with Gasteiger partial charge in [0.2, 0.25) is 0 Å². The molecular weight excluding hydrogens is 364 g/mol. The van der Waals surface area contributed by atoms with Crippen molar-refractivity contribution in [2.45, 2.75) is 26.4 Å². The third-order valence-corrected chi connectivity index (χ3v) is 4.46. The van der Waals surface area contributed by atoms with Crippen LogP contribution >= 0.6 is 0 Å². The van der Waals surface area contributed by atoms with Gasteiger partial charge in [-0.3, -0.25) is 4.79 Å². The Morgan fingerprint density at radius 2 is 1.83 bits per heavy atom. The van der Waals surface area contributed by atoms with E-state index < -0.39 is 0 Å². The van der Waals surface area contributed by atoms with Gasteiger partial charge in [0, 0.05) is 25.3 Å². The maximum atomic E-state index is 12.5. The number of aromatic nitrogens is 2. The highest BCUT2D eigenvalue weighted by Crippen LogP contribution is 2.20. The Hall–Kier alpha value is -3.41. The highest BCUT2D eigenvalue weighted by atomic mass is 16.5. The molecule has 0 aliphatic heterocycles. The fourth-order valence-electron chi connectivity index (χ4n) is 2.76. The van der Waals surface area contributed by atoms with Crippen molar-refractivity contribution in [3.63, 3.8) is 0 Å². The van der Waals surface area contributed by atoms with Crippen molar-refractivity contribution in [3.05, 3.63) is 78.2 Å². The predicted molar refractivity (Wildman–Crippen MR) is 114 cm³/mol. The summed E-state index contributed by atoms with van der Waals surface area (Å²) < 4.78 is 5.80. The predicted octanol–water partition coefficient (Wildman–Crippen LogP) is 4.67. The molecule has 1 aromatic heterocycles. The summed E-state index contributed by atoms with van der Waals surface area (Å²) in [6.07, 6.45) is 3.41. The van der Waals surface area contributed by atoms with Gasteiger partial charge in [0.1, 0.15) is 30.2 Å². The van der Waals surface area contributed by atoms with Crippen LogP contribution in [-0.4, -0.2) is 34.4 Å². The molecule has 0 fully saturated rings. The minimum absolute atomic E-state index is 0.103. The molecule has 0 saturated heterocycles. The van der Waals surface area contributed by atoms with Crippen molar-refractivity contribution in [3.8, 4) is 5.75 Å². The third kappa shape index (κ3) is 6.04. The average molecular weight is 390 g/mol. The van der Waals surface area contributed by atoms with Gasteiger partial charge in [0.15, 0.2) is 0 Å². The third-order valence-electron chi connectivity index (χ3n) is 4.46. The van der Waals surface area contributed by atoms with Gasteiger partial charge >= 0.3 is 0 Å². The van der Waals surface area contributed by atoms with Gasteiger partial charge in [0.05, 0.1) is 0 Å². The lowest BCUT2D eigenvalue weighted by Crippen LogP contribution is -2.28. The van der Waals surface area contributed by atoms with Gasteiger partial charge in [0.25, 0.3) is 5.91 Å². The maximum absolute atomic E-state index is 12.5. The molecule has 29 heavy (non-hydrogen) atoms. The quantitative estimate of drug-likeness (QED) is 0.575. The summed E-state index contributed by atoms with van der Waals surface area (Å²) in [7, 11) is 1.79. The first kappa shape index (κ1) is 20.3. The SMILES string of the molecule is CCCCN(C)C(=O)c1cc(Nc2ccc(OCc3ccccc3)cc2)ncn1. The maximum Gasteiger partial charge on any atom is 0.272 e. The van der Waals surface area contributed by atoms with Crippen LogP contribution in [0, 0.1) is 0 Å². The zero-order valence-corrected chi connectivity index (χ0v) is 16.8. The van der Waals surface area contributed by atoms with Crippen molar-refractivity contribution in [2.24, 2.45) is 0 Å². The Morgan fingerprint density at radius 3 is 2.55 bits per heavy atom. The Labute approximate surface area is 171 Å². The molecule has 0 aliphatic carbocycles. The van der Waals surface area contributed by atoms with E-state index in [1.807, 2.05) is 54.6 Å². The molecule has 1 N–H and O–H groups in total. The summed E-state index contributed by atoms with van der Waals surface area (Å²) in [5.74, 6) is 1.26. The molecule has 3 rings (SSSR count). The normalized spacial score (nSPS) is 10.4. The Kier molecular flexibility index (Phi) is 7.16. The van der Waals surface area contributed by atoms with Crippen LogP contribution < -0.4 is 10.1 Å². The van der Waals surface area contributed by atoms with Crippen LogP contribution in [0.3, 0.4) is 0 Å². The van der Waals surface area contributed by atoms with E-state index in [9.17, 15) is 4.79 Å². The van der Waals surface area contributed by atoms with E-state index in [-0.39, 0.29) is 5.91 Å². The van der Waals surface area contributed by atoms with E-state index in [1.165, 1.54) is 6.33 Å². The van der Waals surface area contributed by atoms with Crippen LogP contribution in [0.15, 0.2) is 67.0 Å². The second-order valence-corrected chi connectivity index (χ2v) is 6.79. The fraction of sp³-hybridized carbons (Fsp3) is 0.261. The van der Waals surface area contributed by atoms with E-state index in [0.717, 1.165) is 29.8 Å². The smallest absolute Gasteiger partial charge is 0.272 e. The van der Waals surface area contributed by atoms with E-state index in [0.29, 0.717) is 24.7 Å². The van der Waals surface area contributed by atoms with E-state index in [4.69, 9.17) is 4.74 Å². The molecule has 0 unspecified atom stereocenters. The summed E-state index contributed by atoms with van der Waals surface area (Å²) in [6.45, 7) is 3.34. The number of hydrogen-bond donors (Lipinski definition) is 1. The van der Waals surface area contributed by atoms with Crippen molar-refractivity contribution >= 4 is 17.4 Å². The highest BCUT2D eigenvalue weighted by Gasteiger charge is 2.13. The molecule has 2 aromatic carbocycles. The molecule has 0 atom stereocenters. The summed E-state index contributed by atoms with van der Waals surface area (Å²) in [5.41, 5.74) is 2.36. The second kappa shape index (κ2) is 10.2. The van der Waals surface area contributed by atoms with Crippen molar-refractivity contribution in [1.29, 1.82) is 0 Å².